The summed E-state index contributed by atoms with van der Waals surface area (Å²) in [4.78, 5) is 14.6. The van der Waals surface area contributed by atoms with Crippen LogP contribution in [0.2, 0.25) is 0 Å². The molecule has 0 aliphatic rings. The van der Waals surface area contributed by atoms with E-state index in [-0.39, 0.29) is 5.75 Å². The van der Waals surface area contributed by atoms with Gasteiger partial charge in [-0.2, -0.15) is 5.26 Å². The zero-order valence-corrected chi connectivity index (χ0v) is 36.8. The van der Waals surface area contributed by atoms with Crippen LogP contribution in [0.4, 0.5) is 5.69 Å². The minimum atomic E-state index is -0.562. The molecule has 0 bridgehead atoms. The molecule has 1 N–H and O–H groups in total. The molecule has 0 unspecified atom stereocenters. The Morgan fingerprint density at radius 1 is 0.594 bits per heavy atom. The predicted molar refractivity (Wildman–Crippen MR) is 262 cm³/mol. The molecule has 0 saturated heterocycles. The van der Waals surface area contributed by atoms with Gasteiger partial charge in [0.15, 0.2) is 5.69 Å². The Balaban J connectivity index is 1.40. The molecule has 0 amide bonds. The SMILES string of the molecule is [C-]#[N+]c1c(C(C)(C)C)cc(-c2nc3c(-c4cc(-c5ccccc5)cc(-c5nccc(C#N)c5-c5ccccc5)c4)cccc3n2-c2ccccc2-c2ccccc2)c(O)c1C(C)(C)C. The van der Waals surface area contributed by atoms with E-state index in [1.165, 1.54) is 0 Å². The minimum absolute atomic E-state index is 0.0482. The molecule has 64 heavy (non-hydrogen) atoms. The van der Waals surface area contributed by atoms with Crippen LogP contribution in [0.3, 0.4) is 0 Å². The molecule has 310 valence electrons. The van der Waals surface area contributed by atoms with Crippen molar-refractivity contribution in [3.05, 3.63) is 198 Å². The Hall–Kier alpha value is -8.06. The summed E-state index contributed by atoms with van der Waals surface area (Å²) in [5, 5.41) is 23.0. The molecule has 6 nitrogen and oxygen atoms in total. The van der Waals surface area contributed by atoms with E-state index in [0.717, 1.165) is 72.4 Å². The van der Waals surface area contributed by atoms with Crippen LogP contribution in [-0.4, -0.2) is 19.6 Å². The first-order valence-electron chi connectivity index (χ1n) is 21.5. The van der Waals surface area contributed by atoms with Crippen molar-refractivity contribution in [3.63, 3.8) is 0 Å². The molecule has 9 aromatic rings. The molecule has 9 rings (SSSR count). The average molecular weight is 830 g/mol. The molecule has 7 aromatic carbocycles. The fourth-order valence-corrected chi connectivity index (χ4v) is 8.91. The van der Waals surface area contributed by atoms with Gasteiger partial charge in [-0.05, 0) is 80.6 Å². The van der Waals surface area contributed by atoms with Crippen molar-refractivity contribution in [3.8, 4) is 84.7 Å². The van der Waals surface area contributed by atoms with Gasteiger partial charge in [0.25, 0.3) is 0 Å². The number of phenolic OH excluding ortho intramolecular Hbond substituents is 1. The van der Waals surface area contributed by atoms with Crippen molar-refractivity contribution in [1.29, 1.82) is 5.26 Å². The third-order valence-electron chi connectivity index (χ3n) is 11.9. The van der Waals surface area contributed by atoms with E-state index in [0.29, 0.717) is 33.9 Å². The third-order valence-corrected chi connectivity index (χ3v) is 11.9. The fourth-order valence-electron chi connectivity index (χ4n) is 8.91. The lowest BCUT2D eigenvalue weighted by atomic mass is 9.77. The highest BCUT2D eigenvalue weighted by Crippen LogP contribution is 2.51. The van der Waals surface area contributed by atoms with Crippen LogP contribution in [0.1, 0.15) is 58.2 Å². The molecule has 0 aliphatic heterocycles. The number of rotatable bonds is 7. The number of aromatic hydroxyl groups is 1. The van der Waals surface area contributed by atoms with Gasteiger partial charge in [-0.15, -0.1) is 0 Å². The number of fused-ring (bicyclic) bond motifs is 1. The lowest BCUT2D eigenvalue weighted by Gasteiger charge is -2.30. The molecule has 0 saturated carbocycles. The van der Waals surface area contributed by atoms with Crippen molar-refractivity contribution < 1.29 is 5.11 Å². The summed E-state index contributed by atoms with van der Waals surface area (Å²) in [5.74, 6) is 0.608. The Morgan fingerprint density at radius 2 is 1.19 bits per heavy atom. The van der Waals surface area contributed by atoms with Crippen LogP contribution < -0.4 is 0 Å². The highest BCUT2D eigenvalue weighted by molar-refractivity contribution is 5.99. The topological polar surface area (TPSA) is 79.1 Å². The number of nitrogens with zero attached hydrogens (tertiary/aromatic N) is 5. The molecular weight excluding hydrogens is 783 g/mol. The first-order valence-corrected chi connectivity index (χ1v) is 21.5. The van der Waals surface area contributed by atoms with E-state index in [1.54, 1.807) is 12.3 Å². The summed E-state index contributed by atoms with van der Waals surface area (Å²) in [6, 6.07) is 57.8. The zero-order valence-electron chi connectivity index (χ0n) is 36.8. The van der Waals surface area contributed by atoms with Crippen molar-refractivity contribution in [2.75, 3.05) is 0 Å². The zero-order chi connectivity index (χ0) is 44.8. The summed E-state index contributed by atoms with van der Waals surface area (Å²) in [7, 11) is 0. The second-order valence-corrected chi connectivity index (χ2v) is 18.2. The Labute approximate surface area is 375 Å². The summed E-state index contributed by atoms with van der Waals surface area (Å²) in [6.07, 6.45) is 1.71. The summed E-state index contributed by atoms with van der Waals surface area (Å²) in [5.41, 5.74) is 13.6. The molecule has 0 aliphatic carbocycles. The number of imidazole rings is 1. The molecule has 0 fully saturated rings. The number of hydrogen-bond donors (Lipinski definition) is 1. The smallest absolute Gasteiger partial charge is 0.198 e. The molecular formula is C58H47N5O. The average Bonchev–Trinajstić information content (AvgIpc) is 3.70. The second kappa shape index (κ2) is 16.3. The van der Waals surface area contributed by atoms with E-state index in [9.17, 15) is 10.4 Å². The first-order chi connectivity index (χ1) is 30.9. The Bertz CT molecular complexity index is 3300. The molecule has 0 radical (unpaired) electrons. The van der Waals surface area contributed by atoms with Crippen molar-refractivity contribution in [1.82, 2.24) is 14.5 Å². The van der Waals surface area contributed by atoms with Gasteiger partial charge in [0.05, 0.1) is 46.2 Å². The van der Waals surface area contributed by atoms with Crippen LogP contribution in [0, 0.1) is 17.9 Å². The Kier molecular flexibility index (Phi) is 10.5. The van der Waals surface area contributed by atoms with E-state index in [4.69, 9.17) is 16.5 Å². The lowest BCUT2D eigenvalue weighted by Crippen LogP contribution is -2.18. The Morgan fingerprint density at radius 3 is 1.83 bits per heavy atom. The van der Waals surface area contributed by atoms with Crippen molar-refractivity contribution >= 4 is 16.7 Å². The summed E-state index contributed by atoms with van der Waals surface area (Å²) < 4.78 is 2.17. The number of pyridine rings is 1. The highest BCUT2D eigenvalue weighted by Gasteiger charge is 2.33. The van der Waals surface area contributed by atoms with Gasteiger partial charge in [-0.1, -0.05) is 169 Å². The lowest BCUT2D eigenvalue weighted by molar-refractivity contribution is 0.448. The van der Waals surface area contributed by atoms with Crippen LogP contribution in [0.5, 0.6) is 5.75 Å². The monoisotopic (exact) mass is 829 g/mol. The number of aromatic nitrogens is 3. The maximum absolute atomic E-state index is 12.6. The van der Waals surface area contributed by atoms with Gasteiger partial charge in [0.2, 0.25) is 0 Å². The normalized spacial score (nSPS) is 11.6. The van der Waals surface area contributed by atoms with Crippen LogP contribution in [0.15, 0.2) is 170 Å². The van der Waals surface area contributed by atoms with Gasteiger partial charge in [0.1, 0.15) is 11.6 Å². The molecule has 2 heterocycles. The highest BCUT2D eigenvalue weighted by atomic mass is 16.3. The van der Waals surface area contributed by atoms with E-state index >= 15 is 0 Å². The number of hydrogen-bond acceptors (Lipinski definition) is 4. The number of benzene rings is 7. The van der Waals surface area contributed by atoms with Crippen LogP contribution >= 0.6 is 0 Å². The number of phenols is 1. The van der Waals surface area contributed by atoms with Gasteiger partial charge in [0, 0.05) is 34.0 Å². The van der Waals surface area contributed by atoms with Crippen molar-refractivity contribution in [2.24, 2.45) is 0 Å². The van der Waals surface area contributed by atoms with Gasteiger partial charge >= 0.3 is 0 Å². The summed E-state index contributed by atoms with van der Waals surface area (Å²) >= 11 is 0. The summed E-state index contributed by atoms with van der Waals surface area (Å²) in [6.45, 7) is 20.8. The van der Waals surface area contributed by atoms with E-state index in [1.807, 2.05) is 106 Å². The van der Waals surface area contributed by atoms with Gasteiger partial charge in [-0.25, -0.2) is 9.83 Å². The molecule has 0 spiro atoms. The first kappa shape index (κ1) is 41.3. The predicted octanol–water partition coefficient (Wildman–Crippen LogP) is 15.1. The van der Waals surface area contributed by atoms with E-state index in [2.05, 4.69) is 109 Å². The minimum Gasteiger partial charge on any atom is -0.508 e. The number of para-hydroxylation sites is 2. The van der Waals surface area contributed by atoms with E-state index < -0.39 is 10.8 Å². The largest absolute Gasteiger partial charge is 0.508 e. The van der Waals surface area contributed by atoms with Crippen LogP contribution in [0.25, 0.3) is 88.7 Å². The van der Waals surface area contributed by atoms with Gasteiger partial charge < -0.3 is 5.11 Å². The molecule has 6 heteroatoms. The molecule has 0 atom stereocenters. The third kappa shape index (κ3) is 7.40. The second-order valence-electron chi connectivity index (χ2n) is 18.2. The maximum atomic E-state index is 12.6. The quantitative estimate of drug-likeness (QED) is 0.162. The van der Waals surface area contributed by atoms with Gasteiger partial charge in [-0.3, -0.25) is 9.55 Å². The number of nitriles is 1. The fraction of sp³-hybridized carbons (Fsp3) is 0.138. The molecule has 2 aromatic heterocycles. The maximum Gasteiger partial charge on any atom is 0.198 e. The standard InChI is InChI=1S/C58H47N5O/c1-57(2,3)47-35-46(55(64)51(54(47)60-7)58(4,5)6)56-62-53-45(27-19-29-49(53)63(56)48-28-18-17-26-44(48)38-22-13-9-14-23-38)42-32-41(37-20-11-8-12-21-37)33-43(34-42)52-50(39-24-15-10-16-25-39)40(36-59)30-31-61-52/h8-35,64H,1-6H3. The van der Waals surface area contributed by atoms with Crippen LogP contribution in [-0.2, 0) is 10.8 Å². The van der Waals surface area contributed by atoms with Crippen molar-refractivity contribution in [2.45, 2.75) is 52.4 Å².